The first kappa shape index (κ1) is 11.0. The van der Waals surface area contributed by atoms with Gasteiger partial charge in [-0.15, -0.1) is 11.3 Å². The van der Waals surface area contributed by atoms with E-state index in [1.54, 1.807) is 23.8 Å². The number of hydrogen-bond donors (Lipinski definition) is 1. The Kier molecular flexibility index (Phi) is 3.44. The molecule has 0 saturated carbocycles. The summed E-state index contributed by atoms with van der Waals surface area (Å²) in [5.74, 6) is -0.395. The summed E-state index contributed by atoms with van der Waals surface area (Å²) in [6, 6.07) is 5.52. The van der Waals surface area contributed by atoms with Crippen LogP contribution in [0.15, 0.2) is 42.0 Å². The van der Waals surface area contributed by atoms with Crippen molar-refractivity contribution in [3.8, 4) is 10.4 Å². The van der Waals surface area contributed by atoms with Crippen LogP contribution in [0, 0.1) is 0 Å². The van der Waals surface area contributed by atoms with E-state index in [1.165, 1.54) is 11.3 Å². The molecule has 0 aliphatic heterocycles. The number of halogens is 1. The van der Waals surface area contributed by atoms with Gasteiger partial charge in [-0.1, -0.05) is 6.07 Å². The Bertz CT molecular complexity index is 493. The molecule has 0 radical (unpaired) electrons. The topological polar surface area (TPSA) is 33.1 Å². The molecule has 0 fully saturated rings. The molecule has 0 aromatic carbocycles. The highest BCUT2D eigenvalue weighted by molar-refractivity contribution is 7.13. The molecule has 0 aliphatic carbocycles. The van der Waals surface area contributed by atoms with Crippen LogP contribution in [0.5, 0.6) is 0 Å². The lowest BCUT2D eigenvalue weighted by atomic mass is 10.2. The number of hydrogen-bond acceptors (Lipinski definition) is 3. The van der Waals surface area contributed by atoms with E-state index in [0.29, 0.717) is 5.56 Å². The van der Waals surface area contributed by atoms with Gasteiger partial charge in [0.2, 0.25) is 0 Å². The Hall–Kier alpha value is -1.52. The molecular weight excluding hydrogens is 225 g/mol. The molecule has 0 aliphatic rings. The fourth-order valence-corrected chi connectivity index (χ4v) is 2.21. The predicted octanol–water partition coefficient (Wildman–Crippen LogP) is 3.11. The van der Waals surface area contributed by atoms with E-state index in [1.807, 2.05) is 12.1 Å². The van der Waals surface area contributed by atoms with Crippen molar-refractivity contribution < 1.29 is 9.50 Å². The molecule has 0 atom stereocenters. The average Bonchev–Trinajstić information content (AvgIpc) is 2.80. The van der Waals surface area contributed by atoms with Crippen molar-refractivity contribution >= 4 is 17.2 Å². The van der Waals surface area contributed by atoms with Crippen molar-refractivity contribution in [1.82, 2.24) is 4.98 Å². The van der Waals surface area contributed by atoms with E-state index in [4.69, 9.17) is 5.11 Å². The zero-order chi connectivity index (χ0) is 11.4. The summed E-state index contributed by atoms with van der Waals surface area (Å²) in [4.78, 5) is 4.97. The summed E-state index contributed by atoms with van der Waals surface area (Å²) in [6.07, 6.45) is 4.59. The molecule has 0 unspecified atom stereocenters. The van der Waals surface area contributed by atoms with Gasteiger partial charge in [0.25, 0.3) is 0 Å². The summed E-state index contributed by atoms with van der Waals surface area (Å²) in [5, 5.41) is 10.3. The third-order valence-electron chi connectivity index (χ3n) is 2.09. The van der Waals surface area contributed by atoms with Crippen LogP contribution in [-0.2, 0) is 0 Å². The van der Waals surface area contributed by atoms with Crippen molar-refractivity contribution in [2.45, 2.75) is 0 Å². The average molecular weight is 235 g/mol. The van der Waals surface area contributed by atoms with Crippen molar-refractivity contribution in [2.75, 3.05) is 6.61 Å². The molecule has 2 rings (SSSR count). The number of rotatable bonds is 3. The second kappa shape index (κ2) is 5.01. The summed E-state index contributed by atoms with van der Waals surface area (Å²) in [7, 11) is 0. The number of aliphatic hydroxyl groups excluding tert-OH is 1. The standard InChI is InChI=1S/C12H10FNOS/c13-11(3-5-15)10-6-12(16-8-10)9-2-1-4-14-7-9/h1-4,6-8,15H,5H2/b11-3+. The van der Waals surface area contributed by atoms with Gasteiger partial charge in [-0.3, -0.25) is 4.98 Å². The van der Waals surface area contributed by atoms with Gasteiger partial charge >= 0.3 is 0 Å². The van der Waals surface area contributed by atoms with E-state index in [0.717, 1.165) is 16.5 Å². The van der Waals surface area contributed by atoms with Gasteiger partial charge in [-0.2, -0.15) is 0 Å². The van der Waals surface area contributed by atoms with Gasteiger partial charge in [0.05, 0.1) is 6.61 Å². The molecule has 0 bridgehead atoms. The molecule has 16 heavy (non-hydrogen) atoms. The molecule has 2 heterocycles. The maximum atomic E-state index is 13.4. The molecule has 4 heteroatoms. The lowest BCUT2D eigenvalue weighted by molar-refractivity contribution is 0.342. The fraction of sp³-hybridized carbons (Fsp3) is 0.0833. The SMILES string of the molecule is OC/C=C(/F)c1csc(-c2cccnc2)c1. The first-order chi connectivity index (χ1) is 7.81. The lowest BCUT2D eigenvalue weighted by Gasteiger charge is -1.94. The maximum Gasteiger partial charge on any atom is 0.129 e. The van der Waals surface area contributed by atoms with Crippen LogP contribution in [-0.4, -0.2) is 16.7 Å². The van der Waals surface area contributed by atoms with Gasteiger partial charge in [0.15, 0.2) is 0 Å². The number of aromatic nitrogens is 1. The van der Waals surface area contributed by atoms with Gasteiger partial charge < -0.3 is 5.11 Å². The molecule has 2 nitrogen and oxygen atoms in total. The Labute approximate surface area is 96.7 Å². The highest BCUT2D eigenvalue weighted by Gasteiger charge is 2.05. The Morgan fingerprint density at radius 3 is 3.12 bits per heavy atom. The highest BCUT2D eigenvalue weighted by atomic mass is 32.1. The van der Waals surface area contributed by atoms with E-state index in [2.05, 4.69) is 4.98 Å². The van der Waals surface area contributed by atoms with Gasteiger partial charge in [0, 0.05) is 33.8 Å². The van der Waals surface area contributed by atoms with Crippen molar-refractivity contribution in [2.24, 2.45) is 0 Å². The summed E-state index contributed by atoms with van der Waals surface area (Å²) >= 11 is 1.45. The van der Waals surface area contributed by atoms with Crippen LogP contribution in [0.2, 0.25) is 0 Å². The summed E-state index contributed by atoms with van der Waals surface area (Å²) in [5.41, 5.74) is 1.47. The van der Waals surface area contributed by atoms with Crippen LogP contribution in [0.4, 0.5) is 4.39 Å². The first-order valence-electron chi connectivity index (χ1n) is 4.77. The molecule has 2 aromatic rings. The van der Waals surface area contributed by atoms with E-state index in [9.17, 15) is 4.39 Å². The van der Waals surface area contributed by atoms with Gasteiger partial charge in [-0.25, -0.2) is 4.39 Å². The monoisotopic (exact) mass is 235 g/mol. The second-order valence-corrected chi connectivity index (χ2v) is 4.09. The van der Waals surface area contributed by atoms with Crippen LogP contribution < -0.4 is 0 Å². The highest BCUT2D eigenvalue weighted by Crippen LogP contribution is 2.30. The van der Waals surface area contributed by atoms with Gasteiger partial charge in [-0.05, 0) is 18.2 Å². The number of pyridine rings is 1. The lowest BCUT2D eigenvalue weighted by Crippen LogP contribution is -1.77. The van der Waals surface area contributed by atoms with Crippen LogP contribution in [0.3, 0.4) is 0 Å². The zero-order valence-electron chi connectivity index (χ0n) is 8.43. The van der Waals surface area contributed by atoms with Gasteiger partial charge in [0.1, 0.15) is 5.83 Å². The summed E-state index contributed by atoms with van der Waals surface area (Å²) < 4.78 is 13.4. The molecule has 0 saturated heterocycles. The Morgan fingerprint density at radius 2 is 2.44 bits per heavy atom. The third kappa shape index (κ3) is 2.35. The van der Waals surface area contributed by atoms with Crippen molar-refractivity contribution in [3.63, 3.8) is 0 Å². The Morgan fingerprint density at radius 1 is 1.56 bits per heavy atom. The minimum Gasteiger partial charge on any atom is -0.392 e. The largest absolute Gasteiger partial charge is 0.392 e. The Balaban J connectivity index is 2.30. The van der Waals surface area contributed by atoms with Crippen LogP contribution in [0.1, 0.15) is 5.56 Å². The zero-order valence-corrected chi connectivity index (χ0v) is 9.25. The predicted molar refractivity (Wildman–Crippen MR) is 63.7 cm³/mol. The van der Waals surface area contributed by atoms with Crippen molar-refractivity contribution in [1.29, 1.82) is 0 Å². The van der Waals surface area contributed by atoms with E-state index < -0.39 is 5.83 Å². The fourth-order valence-electron chi connectivity index (χ4n) is 1.32. The molecule has 82 valence electrons. The quantitative estimate of drug-likeness (QED) is 0.886. The molecule has 2 aromatic heterocycles. The minimum absolute atomic E-state index is 0.288. The first-order valence-corrected chi connectivity index (χ1v) is 5.65. The third-order valence-corrected chi connectivity index (χ3v) is 3.07. The number of nitrogens with zero attached hydrogens (tertiary/aromatic N) is 1. The summed E-state index contributed by atoms with van der Waals surface area (Å²) in [6.45, 7) is -0.288. The smallest absolute Gasteiger partial charge is 0.129 e. The maximum absolute atomic E-state index is 13.4. The minimum atomic E-state index is -0.395. The molecule has 0 spiro atoms. The molecule has 0 amide bonds. The van der Waals surface area contributed by atoms with Crippen LogP contribution >= 0.6 is 11.3 Å². The normalized spacial score (nSPS) is 11.8. The number of thiophene rings is 1. The van der Waals surface area contributed by atoms with E-state index in [-0.39, 0.29) is 6.61 Å². The van der Waals surface area contributed by atoms with E-state index >= 15 is 0 Å². The number of aliphatic hydroxyl groups is 1. The molecule has 1 N–H and O–H groups in total. The van der Waals surface area contributed by atoms with Crippen molar-refractivity contribution in [3.05, 3.63) is 47.6 Å². The molecular formula is C12H10FNOS. The van der Waals surface area contributed by atoms with Crippen LogP contribution in [0.25, 0.3) is 16.3 Å². The second-order valence-electron chi connectivity index (χ2n) is 3.18.